The largest absolute Gasteiger partial charge is 0.493 e. The lowest BCUT2D eigenvalue weighted by molar-refractivity contribution is -0.116. The molecule has 5 heteroatoms. The van der Waals surface area contributed by atoms with Crippen molar-refractivity contribution in [3.8, 4) is 5.75 Å². The van der Waals surface area contributed by atoms with Crippen LogP contribution in [0.15, 0.2) is 48.5 Å². The summed E-state index contributed by atoms with van der Waals surface area (Å²) in [6.07, 6.45) is 0.261. The monoisotopic (exact) mass is 290 g/mol. The second kappa shape index (κ2) is 6.82. The number of rotatable bonds is 5. The average molecular weight is 291 g/mol. The first kappa shape index (κ1) is 14.2. The van der Waals surface area contributed by atoms with Crippen LogP contribution in [0.3, 0.4) is 0 Å². The highest BCUT2D eigenvalue weighted by Crippen LogP contribution is 2.22. The second-order valence-electron chi connectivity index (χ2n) is 4.20. The highest BCUT2D eigenvalue weighted by Gasteiger charge is 2.04. The van der Waals surface area contributed by atoms with Crippen molar-refractivity contribution in [1.82, 2.24) is 0 Å². The van der Waals surface area contributed by atoms with Crippen LogP contribution in [0.1, 0.15) is 6.42 Å². The Kier molecular flexibility index (Phi) is 4.85. The number of carbonyl (C=O) groups is 1. The number of para-hydroxylation sites is 1. The zero-order chi connectivity index (χ0) is 14.4. The number of nitrogens with two attached hydrogens (primary N) is 1. The van der Waals surface area contributed by atoms with Crippen LogP contribution in [-0.4, -0.2) is 12.5 Å². The van der Waals surface area contributed by atoms with E-state index in [9.17, 15) is 4.79 Å². The highest BCUT2D eigenvalue weighted by molar-refractivity contribution is 6.33. The molecule has 0 aliphatic rings. The molecule has 0 bridgehead atoms. The lowest BCUT2D eigenvalue weighted by Crippen LogP contribution is -2.15. The molecule has 104 valence electrons. The molecule has 1 amide bonds. The third kappa shape index (κ3) is 4.17. The number of ether oxygens (including phenoxy) is 1. The number of benzene rings is 2. The summed E-state index contributed by atoms with van der Waals surface area (Å²) in [4.78, 5) is 11.7. The zero-order valence-corrected chi connectivity index (χ0v) is 11.6. The minimum atomic E-state index is -0.136. The van der Waals surface area contributed by atoms with E-state index in [1.165, 1.54) is 0 Å². The van der Waals surface area contributed by atoms with Crippen LogP contribution in [0.25, 0.3) is 0 Å². The Bertz CT molecular complexity index is 588. The lowest BCUT2D eigenvalue weighted by Gasteiger charge is -2.08. The van der Waals surface area contributed by atoms with Gasteiger partial charge in [-0.25, -0.2) is 0 Å². The third-order valence-electron chi connectivity index (χ3n) is 2.62. The Hall–Kier alpha value is -2.20. The number of anilines is 2. The maximum absolute atomic E-state index is 11.7. The minimum absolute atomic E-state index is 0.136. The number of carbonyl (C=O) groups excluding carboxylic acids is 1. The van der Waals surface area contributed by atoms with E-state index in [1.807, 2.05) is 30.3 Å². The second-order valence-corrected chi connectivity index (χ2v) is 4.60. The van der Waals surface area contributed by atoms with Crippen LogP contribution in [0, 0.1) is 0 Å². The molecule has 4 nitrogen and oxygen atoms in total. The Morgan fingerprint density at radius 2 is 1.95 bits per heavy atom. The summed E-state index contributed by atoms with van der Waals surface area (Å²) in [6.45, 7) is 0.318. The van der Waals surface area contributed by atoms with E-state index >= 15 is 0 Å². The number of nitrogens with one attached hydrogen (secondary N) is 1. The van der Waals surface area contributed by atoms with Crippen LogP contribution >= 0.6 is 11.6 Å². The first-order valence-corrected chi connectivity index (χ1v) is 6.55. The van der Waals surface area contributed by atoms with Crippen LogP contribution in [0.5, 0.6) is 5.75 Å². The number of hydrogen-bond acceptors (Lipinski definition) is 3. The normalized spacial score (nSPS) is 10.1. The number of amides is 1. The molecule has 0 aliphatic heterocycles. The summed E-state index contributed by atoms with van der Waals surface area (Å²) in [5.41, 5.74) is 6.72. The summed E-state index contributed by atoms with van der Waals surface area (Å²) in [5, 5.41) is 3.21. The molecular weight excluding hydrogens is 276 g/mol. The fourth-order valence-electron chi connectivity index (χ4n) is 1.62. The summed E-state index contributed by atoms with van der Waals surface area (Å²) in [5.74, 6) is 0.610. The summed E-state index contributed by atoms with van der Waals surface area (Å²) in [7, 11) is 0. The molecule has 0 spiro atoms. The molecule has 0 unspecified atom stereocenters. The smallest absolute Gasteiger partial charge is 0.227 e. The number of hydrogen-bond donors (Lipinski definition) is 2. The molecule has 0 heterocycles. The highest BCUT2D eigenvalue weighted by atomic mass is 35.5. The molecule has 2 aromatic rings. The molecule has 2 rings (SSSR count). The predicted molar refractivity (Wildman–Crippen MR) is 81.0 cm³/mol. The standard InChI is InChI=1S/C15H15ClN2O2/c16-13-7-6-11(10-14(13)17)18-15(19)8-9-20-12-4-2-1-3-5-12/h1-7,10H,8-9,17H2,(H,18,19). The predicted octanol–water partition coefficient (Wildman–Crippen LogP) is 3.33. The van der Waals surface area contributed by atoms with Crippen molar-refractivity contribution in [2.45, 2.75) is 6.42 Å². The van der Waals surface area contributed by atoms with Crippen LogP contribution in [0.4, 0.5) is 11.4 Å². The van der Waals surface area contributed by atoms with Gasteiger partial charge in [0, 0.05) is 5.69 Å². The molecular formula is C15H15ClN2O2. The summed E-state index contributed by atoms with van der Waals surface area (Å²) < 4.78 is 5.45. The Balaban J connectivity index is 1.79. The topological polar surface area (TPSA) is 64.3 Å². The van der Waals surface area contributed by atoms with Gasteiger partial charge in [-0.15, -0.1) is 0 Å². The van der Waals surface area contributed by atoms with E-state index in [0.717, 1.165) is 5.75 Å². The first-order chi connectivity index (χ1) is 9.65. The van der Waals surface area contributed by atoms with E-state index in [4.69, 9.17) is 22.1 Å². The molecule has 0 saturated carbocycles. The van der Waals surface area contributed by atoms with Crippen molar-refractivity contribution in [3.05, 3.63) is 53.6 Å². The number of nitrogen functional groups attached to an aromatic ring is 1. The Morgan fingerprint density at radius 1 is 1.20 bits per heavy atom. The summed E-state index contributed by atoms with van der Waals surface area (Å²) >= 11 is 5.81. The molecule has 0 aromatic heterocycles. The average Bonchev–Trinajstić information content (AvgIpc) is 2.44. The Morgan fingerprint density at radius 3 is 2.65 bits per heavy atom. The third-order valence-corrected chi connectivity index (χ3v) is 2.97. The van der Waals surface area contributed by atoms with Crippen molar-refractivity contribution in [2.24, 2.45) is 0 Å². The van der Waals surface area contributed by atoms with Crippen molar-refractivity contribution in [2.75, 3.05) is 17.7 Å². The molecule has 0 saturated heterocycles. The molecule has 0 fully saturated rings. The molecule has 20 heavy (non-hydrogen) atoms. The van der Waals surface area contributed by atoms with E-state index in [-0.39, 0.29) is 12.3 Å². The fourth-order valence-corrected chi connectivity index (χ4v) is 1.74. The minimum Gasteiger partial charge on any atom is -0.493 e. The van der Waals surface area contributed by atoms with E-state index in [0.29, 0.717) is 23.0 Å². The molecule has 2 aromatic carbocycles. The van der Waals surface area contributed by atoms with Gasteiger partial charge in [-0.3, -0.25) is 4.79 Å². The molecule has 0 atom stereocenters. The molecule has 0 aliphatic carbocycles. The van der Waals surface area contributed by atoms with E-state index in [2.05, 4.69) is 5.32 Å². The first-order valence-electron chi connectivity index (χ1n) is 6.18. The molecule has 0 radical (unpaired) electrons. The SMILES string of the molecule is Nc1cc(NC(=O)CCOc2ccccc2)ccc1Cl. The van der Waals surface area contributed by atoms with Crippen LogP contribution in [0.2, 0.25) is 5.02 Å². The van der Waals surface area contributed by atoms with Crippen molar-refractivity contribution >= 4 is 28.9 Å². The quantitative estimate of drug-likeness (QED) is 0.830. The van der Waals surface area contributed by atoms with Gasteiger partial charge in [-0.05, 0) is 30.3 Å². The van der Waals surface area contributed by atoms with Gasteiger partial charge < -0.3 is 15.8 Å². The van der Waals surface area contributed by atoms with Gasteiger partial charge in [0.05, 0.1) is 23.7 Å². The van der Waals surface area contributed by atoms with Gasteiger partial charge in [0.25, 0.3) is 0 Å². The van der Waals surface area contributed by atoms with Gasteiger partial charge >= 0.3 is 0 Å². The maximum atomic E-state index is 11.7. The van der Waals surface area contributed by atoms with Gasteiger partial charge in [0.2, 0.25) is 5.91 Å². The van der Waals surface area contributed by atoms with E-state index < -0.39 is 0 Å². The van der Waals surface area contributed by atoms with Crippen molar-refractivity contribution in [3.63, 3.8) is 0 Å². The van der Waals surface area contributed by atoms with E-state index in [1.54, 1.807) is 18.2 Å². The van der Waals surface area contributed by atoms with Crippen LogP contribution in [-0.2, 0) is 4.79 Å². The maximum Gasteiger partial charge on any atom is 0.227 e. The fraction of sp³-hybridized carbons (Fsp3) is 0.133. The Labute approximate surface area is 122 Å². The van der Waals surface area contributed by atoms with Gasteiger partial charge in [0.15, 0.2) is 0 Å². The molecule has 3 N–H and O–H groups in total. The lowest BCUT2D eigenvalue weighted by atomic mass is 10.2. The van der Waals surface area contributed by atoms with Gasteiger partial charge in [-0.1, -0.05) is 29.8 Å². The zero-order valence-electron chi connectivity index (χ0n) is 10.8. The van der Waals surface area contributed by atoms with Crippen LogP contribution < -0.4 is 15.8 Å². The van der Waals surface area contributed by atoms with Gasteiger partial charge in [-0.2, -0.15) is 0 Å². The number of halogens is 1. The van der Waals surface area contributed by atoms with Crippen molar-refractivity contribution < 1.29 is 9.53 Å². The van der Waals surface area contributed by atoms with Gasteiger partial charge in [0.1, 0.15) is 5.75 Å². The van der Waals surface area contributed by atoms with Crippen molar-refractivity contribution in [1.29, 1.82) is 0 Å². The summed E-state index contributed by atoms with van der Waals surface area (Å²) in [6, 6.07) is 14.3.